The fourth-order valence-electron chi connectivity index (χ4n) is 2.89. The van der Waals surface area contributed by atoms with Gasteiger partial charge in [0.15, 0.2) is 0 Å². The first-order valence-electron chi connectivity index (χ1n) is 7.23. The summed E-state index contributed by atoms with van der Waals surface area (Å²) in [4.78, 5) is 25.1. The topological polar surface area (TPSA) is 89.5 Å². The summed E-state index contributed by atoms with van der Waals surface area (Å²) in [6.07, 6.45) is 2.80. The smallest absolute Gasteiger partial charge is 0.282 e. The van der Waals surface area contributed by atoms with Crippen molar-refractivity contribution in [3.63, 3.8) is 0 Å². The van der Waals surface area contributed by atoms with E-state index in [0.717, 1.165) is 24.8 Å². The van der Waals surface area contributed by atoms with Gasteiger partial charge in [0.25, 0.3) is 11.6 Å². The number of amides is 1. The minimum atomic E-state index is -0.502. The summed E-state index contributed by atoms with van der Waals surface area (Å²) in [5, 5.41) is 11.1. The maximum Gasteiger partial charge on any atom is 0.282 e. The van der Waals surface area contributed by atoms with E-state index in [4.69, 9.17) is 5.73 Å². The van der Waals surface area contributed by atoms with Crippen molar-refractivity contribution in [2.75, 3.05) is 6.54 Å². The molecule has 21 heavy (non-hydrogen) atoms. The van der Waals surface area contributed by atoms with Crippen molar-refractivity contribution in [3.8, 4) is 0 Å². The first kappa shape index (κ1) is 15.4. The van der Waals surface area contributed by atoms with Gasteiger partial charge in [-0.1, -0.05) is 6.07 Å². The molecule has 6 heteroatoms. The van der Waals surface area contributed by atoms with Crippen LogP contribution in [0.2, 0.25) is 0 Å². The van der Waals surface area contributed by atoms with E-state index >= 15 is 0 Å². The van der Waals surface area contributed by atoms with E-state index in [9.17, 15) is 14.9 Å². The third-order valence-corrected chi connectivity index (χ3v) is 4.00. The standard InChI is InChI=1S/C15H21N3O3/c1-10-6-7-14(18(20)21)12(9-10)15(19)17-8-4-3-5-13(17)11(2)16/h6-7,9,11,13H,3-5,8,16H2,1-2H3. The molecule has 1 aliphatic rings. The minimum Gasteiger partial charge on any atom is -0.334 e. The Balaban J connectivity index is 2.38. The molecule has 0 spiro atoms. The Bertz CT molecular complexity index is 557. The average molecular weight is 291 g/mol. The third-order valence-electron chi connectivity index (χ3n) is 4.00. The van der Waals surface area contributed by atoms with Crippen LogP contribution < -0.4 is 5.73 Å². The Hall–Kier alpha value is -1.95. The van der Waals surface area contributed by atoms with Gasteiger partial charge < -0.3 is 10.6 Å². The van der Waals surface area contributed by atoms with Gasteiger partial charge in [-0.3, -0.25) is 14.9 Å². The molecule has 2 unspecified atom stereocenters. The van der Waals surface area contributed by atoms with E-state index in [0.29, 0.717) is 6.54 Å². The van der Waals surface area contributed by atoms with Gasteiger partial charge in [0, 0.05) is 24.7 Å². The van der Waals surface area contributed by atoms with Crippen LogP contribution in [0, 0.1) is 17.0 Å². The number of nitrogens with zero attached hydrogens (tertiary/aromatic N) is 2. The van der Waals surface area contributed by atoms with Crippen molar-refractivity contribution in [1.29, 1.82) is 0 Å². The predicted octanol–water partition coefficient (Wildman–Crippen LogP) is 2.25. The molecular formula is C15H21N3O3. The van der Waals surface area contributed by atoms with Gasteiger partial charge in [0.05, 0.1) is 4.92 Å². The van der Waals surface area contributed by atoms with Gasteiger partial charge >= 0.3 is 0 Å². The van der Waals surface area contributed by atoms with Crippen LogP contribution in [0.4, 0.5) is 5.69 Å². The molecule has 114 valence electrons. The molecule has 1 aliphatic heterocycles. The zero-order chi connectivity index (χ0) is 15.6. The van der Waals surface area contributed by atoms with Crippen molar-refractivity contribution in [2.24, 2.45) is 5.73 Å². The summed E-state index contributed by atoms with van der Waals surface area (Å²) in [5.74, 6) is -0.285. The van der Waals surface area contributed by atoms with Crippen molar-refractivity contribution in [1.82, 2.24) is 4.90 Å². The fraction of sp³-hybridized carbons (Fsp3) is 0.533. The Morgan fingerprint density at radius 3 is 2.81 bits per heavy atom. The summed E-state index contributed by atoms with van der Waals surface area (Å²) >= 11 is 0. The zero-order valence-electron chi connectivity index (χ0n) is 12.4. The number of hydrogen-bond donors (Lipinski definition) is 1. The molecule has 0 radical (unpaired) electrons. The van der Waals surface area contributed by atoms with E-state index in [-0.39, 0.29) is 29.2 Å². The molecule has 0 bridgehead atoms. The second-order valence-electron chi connectivity index (χ2n) is 5.70. The second kappa shape index (κ2) is 6.22. The van der Waals surface area contributed by atoms with Gasteiger partial charge in [-0.05, 0) is 44.7 Å². The van der Waals surface area contributed by atoms with E-state index in [1.165, 1.54) is 6.07 Å². The maximum absolute atomic E-state index is 12.8. The molecule has 1 aromatic rings. The van der Waals surface area contributed by atoms with Crippen molar-refractivity contribution in [2.45, 2.75) is 45.2 Å². The van der Waals surface area contributed by atoms with Gasteiger partial charge in [-0.25, -0.2) is 0 Å². The Labute approximate surface area is 124 Å². The first-order valence-corrected chi connectivity index (χ1v) is 7.23. The van der Waals surface area contributed by atoms with Crippen LogP contribution in [0.25, 0.3) is 0 Å². The average Bonchev–Trinajstić information content (AvgIpc) is 2.46. The Morgan fingerprint density at radius 2 is 2.19 bits per heavy atom. The quantitative estimate of drug-likeness (QED) is 0.683. The maximum atomic E-state index is 12.8. The van der Waals surface area contributed by atoms with Crippen molar-refractivity contribution in [3.05, 3.63) is 39.4 Å². The summed E-state index contributed by atoms with van der Waals surface area (Å²) < 4.78 is 0. The van der Waals surface area contributed by atoms with Gasteiger partial charge in [-0.2, -0.15) is 0 Å². The van der Waals surface area contributed by atoms with Crippen molar-refractivity contribution < 1.29 is 9.72 Å². The highest BCUT2D eigenvalue weighted by Gasteiger charge is 2.32. The summed E-state index contributed by atoms with van der Waals surface area (Å²) in [6, 6.07) is 4.44. The predicted molar refractivity (Wildman–Crippen MR) is 80.2 cm³/mol. The second-order valence-corrected chi connectivity index (χ2v) is 5.70. The van der Waals surface area contributed by atoms with E-state index in [2.05, 4.69) is 0 Å². The molecule has 2 atom stereocenters. The molecule has 6 nitrogen and oxygen atoms in total. The molecular weight excluding hydrogens is 270 g/mol. The monoisotopic (exact) mass is 291 g/mol. The molecule has 0 aromatic heterocycles. The van der Waals surface area contributed by atoms with Crippen LogP contribution >= 0.6 is 0 Å². The molecule has 1 aromatic carbocycles. The number of benzene rings is 1. The lowest BCUT2D eigenvalue weighted by atomic mass is 9.95. The molecule has 1 saturated heterocycles. The van der Waals surface area contributed by atoms with Crippen LogP contribution in [0.1, 0.15) is 42.1 Å². The van der Waals surface area contributed by atoms with E-state index < -0.39 is 4.92 Å². The number of rotatable bonds is 3. The van der Waals surface area contributed by atoms with E-state index in [1.54, 1.807) is 17.0 Å². The summed E-state index contributed by atoms with van der Waals surface area (Å²) in [7, 11) is 0. The summed E-state index contributed by atoms with van der Waals surface area (Å²) in [6.45, 7) is 4.30. The first-order chi connectivity index (χ1) is 9.91. The number of likely N-dealkylation sites (tertiary alicyclic amines) is 1. The van der Waals surface area contributed by atoms with Gasteiger partial charge in [0.1, 0.15) is 5.56 Å². The Kier molecular flexibility index (Phi) is 4.57. The molecule has 1 heterocycles. The van der Waals surface area contributed by atoms with Crippen LogP contribution in [-0.2, 0) is 0 Å². The number of nitrogens with two attached hydrogens (primary N) is 1. The van der Waals surface area contributed by atoms with E-state index in [1.807, 2.05) is 13.8 Å². The van der Waals surface area contributed by atoms with Gasteiger partial charge in [-0.15, -0.1) is 0 Å². The number of hydrogen-bond acceptors (Lipinski definition) is 4. The van der Waals surface area contributed by atoms with Gasteiger partial charge in [0.2, 0.25) is 0 Å². The number of piperidine rings is 1. The highest BCUT2D eigenvalue weighted by Crippen LogP contribution is 2.26. The lowest BCUT2D eigenvalue weighted by Crippen LogP contribution is -2.51. The summed E-state index contributed by atoms with van der Waals surface area (Å²) in [5.41, 5.74) is 6.83. The van der Waals surface area contributed by atoms with Crippen molar-refractivity contribution >= 4 is 11.6 Å². The highest BCUT2D eigenvalue weighted by molar-refractivity contribution is 5.98. The molecule has 2 N–H and O–H groups in total. The lowest BCUT2D eigenvalue weighted by Gasteiger charge is -2.38. The van der Waals surface area contributed by atoms with Crippen LogP contribution in [0.3, 0.4) is 0 Å². The highest BCUT2D eigenvalue weighted by atomic mass is 16.6. The molecule has 0 aliphatic carbocycles. The minimum absolute atomic E-state index is 0.0497. The normalized spacial score (nSPS) is 20.1. The van der Waals surface area contributed by atoms with Crippen LogP contribution in [0.15, 0.2) is 18.2 Å². The number of aryl methyl sites for hydroxylation is 1. The number of carbonyl (C=O) groups is 1. The molecule has 0 saturated carbocycles. The van der Waals surface area contributed by atoms with Crippen LogP contribution in [0.5, 0.6) is 0 Å². The molecule has 1 fully saturated rings. The molecule has 1 amide bonds. The largest absolute Gasteiger partial charge is 0.334 e. The van der Waals surface area contributed by atoms with Crippen LogP contribution in [-0.4, -0.2) is 34.4 Å². The number of nitro benzene ring substituents is 1. The Morgan fingerprint density at radius 1 is 1.48 bits per heavy atom. The lowest BCUT2D eigenvalue weighted by molar-refractivity contribution is -0.385. The SMILES string of the molecule is Cc1ccc([N+](=O)[O-])c(C(=O)N2CCCCC2C(C)N)c1. The fourth-order valence-corrected chi connectivity index (χ4v) is 2.89. The number of carbonyl (C=O) groups excluding carboxylic acids is 1. The zero-order valence-corrected chi connectivity index (χ0v) is 12.4. The molecule has 2 rings (SSSR count). The third kappa shape index (κ3) is 3.21. The number of nitro groups is 1.